The van der Waals surface area contributed by atoms with Crippen molar-refractivity contribution in [3.05, 3.63) is 45.5 Å². The molecule has 1 aliphatic rings. The van der Waals surface area contributed by atoms with Crippen LogP contribution in [0.5, 0.6) is 11.5 Å². The van der Waals surface area contributed by atoms with Gasteiger partial charge in [-0.15, -0.1) is 0 Å². The normalized spacial score (nSPS) is 13.3. The first kappa shape index (κ1) is 14.8. The molecule has 6 nitrogen and oxygen atoms in total. The van der Waals surface area contributed by atoms with E-state index in [1.54, 1.807) is 18.7 Å². The van der Waals surface area contributed by atoms with Gasteiger partial charge in [0.05, 0.1) is 19.9 Å². The number of ether oxygens (including phenoxy) is 2. The van der Waals surface area contributed by atoms with Gasteiger partial charge in [-0.1, -0.05) is 6.07 Å². The zero-order valence-corrected chi connectivity index (χ0v) is 14.0. The summed E-state index contributed by atoms with van der Waals surface area (Å²) in [5.41, 5.74) is 5.22. The van der Waals surface area contributed by atoms with Crippen molar-refractivity contribution in [3.63, 3.8) is 0 Å². The quantitative estimate of drug-likeness (QED) is 0.803. The molecule has 0 atom stereocenters. The van der Waals surface area contributed by atoms with Crippen LogP contribution in [0.25, 0.3) is 16.8 Å². The Labute approximate surface area is 139 Å². The summed E-state index contributed by atoms with van der Waals surface area (Å²) in [5.74, 6) is 1.32. The lowest BCUT2D eigenvalue weighted by molar-refractivity contribution is 0.355. The molecule has 0 amide bonds. The molecule has 0 fully saturated rings. The molecule has 0 radical (unpaired) electrons. The van der Waals surface area contributed by atoms with Crippen LogP contribution >= 0.6 is 0 Å². The van der Waals surface area contributed by atoms with E-state index >= 15 is 0 Å². The van der Waals surface area contributed by atoms with E-state index in [1.807, 2.05) is 25.1 Å². The lowest BCUT2D eigenvalue weighted by Gasteiger charge is -2.09. The monoisotopic (exact) mass is 325 g/mol. The molecule has 1 N–H and O–H groups in total. The highest BCUT2D eigenvalue weighted by Gasteiger charge is 2.22. The highest BCUT2D eigenvalue weighted by molar-refractivity contribution is 5.81. The average molecular weight is 325 g/mol. The summed E-state index contributed by atoms with van der Waals surface area (Å²) in [7, 11) is 3.22. The Morgan fingerprint density at radius 1 is 1.17 bits per heavy atom. The molecule has 0 unspecified atom stereocenters. The van der Waals surface area contributed by atoms with E-state index in [4.69, 9.17) is 14.5 Å². The van der Waals surface area contributed by atoms with Gasteiger partial charge in [0.25, 0.3) is 5.56 Å². The first-order valence-electron chi connectivity index (χ1n) is 7.99. The summed E-state index contributed by atoms with van der Waals surface area (Å²) >= 11 is 0. The zero-order chi connectivity index (χ0) is 16.8. The molecule has 1 aromatic carbocycles. The number of aromatic amines is 1. The SMILES string of the molecule is COc1ccc(-c2c(C)[nH]n3c(=O)c4c(nc23)CCC4)cc1OC. The third-order valence-corrected chi connectivity index (χ3v) is 4.65. The minimum absolute atomic E-state index is 0.0160. The highest BCUT2D eigenvalue weighted by Crippen LogP contribution is 2.35. The molecular formula is C18H19N3O3. The number of methoxy groups -OCH3 is 2. The highest BCUT2D eigenvalue weighted by atomic mass is 16.5. The maximum absolute atomic E-state index is 12.7. The van der Waals surface area contributed by atoms with Crippen LogP contribution in [0.1, 0.15) is 23.4 Å². The van der Waals surface area contributed by atoms with E-state index in [-0.39, 0.29) is 5.56 Å². The molecule has 24 heavy (non-hydrogen) atoms. The van der Waals surface area contributed by atoms with Gasteiger partial charge < -0.3 is 9.47 Å². The topological polar surface area (TPSA) is 68.6 Å². The Bertz CT molecular complexity index is 1000. The van der Waals surface area contributed by atoms with Crippen LogP contribution in [0.4, 0.5) is 0 Å². The fourth-order valence-electron chi connectivity index (χ4n) is 3.49. The molecule has 0 bridgehead atoms. The molecule has 3 aromatic rings. The molecule has 1 aliphatic carbocycles. The van der Waals surface area contributed by atoms with Crippen LogP contribution < -0.4 is 15.0 Å². The molecule has 0 spiro atoms. The lowest BCUT2D eigenvalue weighted by Crippen LogP contribution is -2.20. The van der Waals surface area contributed by atoms with Crippen molar-refractivity contribution in [2.75, 3.05) is 14.2 Å². The lowest BCUT2D eigenvalue weighted by atomic mass is 10.1. The van der Waals surface area contributed by atoms with Crippen LogP contribution in [0.2, 0.25) is 0 Å². The number of aryl methyl sites for hydroxylation is 2. The molecule has 124 valence electrons. The predicted octanol–water partition coefficient (Wildman–Crippen LogP) is 2.50. The fraction of sp³-hybridized carbons (Fsp3) is 0.333. The van der Waals surface area contributed by atoms with Crippen LogP contribution in [0.15, 0.2) is 23.0 Å². The van der Waals surface area contributed by atoms with Crippen molar-refractivity contribution in [3.8, 4) is 22.6 Å². The number of nitrogens with one attached hydrogen (secondary N) is 1. The molecule has 0 saturated heterocycles. The second-order valence-electron chi connectivity index (χ2n) is 6.04. The van der Waals surface area contributed by atoms with Crippen molar-refractivity contribution < 1.29 is 9.47 Å². The van der Waals surface area contributed by atoms with Crippen molar-refractivity contribution in [1.82, 2.24) is 14.6 Å². The molecular weight excluding hydrogens is 306 g/mol. The minimum atomic E-state index is 0.0160. The van der Waals surface area contributed by atoms with Gasteiger partial charge in [-0.2, -0.15) is 0 Å². The maximum atomic E-state index is 12.7. The van der Waals surface area contributed by atoms with Crippen LogP contribution in [-0.4, -0.2) is 28.8 Å². The average Bonchev–Trinajstić information content (AvgIpc) is 3.19. The predicted molar refractivity (Wildman–Crippen MR) is 91.1 cm³/mol. The molecule has 6 heteroatoms. The number of nitrogens with zero attached hydrogens (tertiary/aromatic N) is 2. The smallest absolute Gasteiger partial charge is 0.276 e. The van der Waals surface area contributed by atoms with Gasteiger partial charge in [-0.05, 0) is 43.9 Å². The van der Waals surface area contributed by atoms with Crippen molar-refractivity contribution in [2.24, 2.45) is 0 Å². The van der Waals surface area contributed by atoms with E-state index in [9.17, 15) is 4.79 Å². The van der Waals surface area contributed by atoms with E-state index < -0.39 is 0 Å². The Morgan fingerprint density at radius 2 is 1.96 bits per heavy atom. The molecule has 2 aromatic heterocycles. The molecule has 0 aliphatic heterocycles. The summed E-state index contributed by atoms with van der Waals surface area (Å²) in [6.07, 6.45) is 2.68. The van der Waals surface area contributed by atoms with Gasteiger partial charge in [0.15, 0.2) is 17.1 Å². The Kier molecular flexibility index (Phi) is 3.33. The number of rotatable bonds is 3. The standard InChI is InChI=1S/C18H19N3O3/c1-10-16(11-7-8-14(23-2)15(9-11)24-3)17-19-13-6-4-5-12(13)18(22)21(17)20-10/h7-9,20H,4-6H2,1-3H3. The van der Waals surface area contributed by atoms with Gasteiger partial charge in [-0.25, -0.2) is 9.50 Å². The molecule has 2 heterocycles. The van der Waals surface area contributed by atoms with Gasteiger partial charge in [0, 0.05) is 16.8 Å². The second-order valence-corrected chi connectivity index (χ2v) is 6.04. The van der Waals surface area contributed by atoms with E-state index in [0.29, 0.717) is 17.1 Å². The number of aromatic nitrogens is 3. The van der Waals surface area contributed by atoms with Crippen LogP contribution in [0, 0.1) is 6.92 Å². The summed E-state index contributed by atoms with van der Waals surface area (Å²) < 4.78 is 12.3. The third-order valence-electron chi connectivity index (χ3n) is 4.65. The van der Waals surface area contributed by atoms with E-state index in [1.165, 1.54) is 0 Å². The number of H-pyrrole nitrogens is 1. The third kappa shape index (κ3) is 2.02. The van der Waals surface area contributed by atoms with E-state index in [0.717, 1.165) is 47.3 Å². The number of hydrogen-bond donors (Lipinski definition) is 1. The zero-order valence-electron chi connectivity index (χ0n) is 14.0. The second kappa shape index (κ2) is 5.40. The Hall–Kier alpha value is -2.76. The molecule has 4 rings (SSSR count). The largest absolute Gasteiger partial charge is 0.493 e. The van der Waals surface area contributed by atoms with Gasteiger partial charge in [0.1, 0.15) is 0 Å². The van der Waals surface area contributed by atoms with Crippen molar-refractivity contribution in [1.29, 1.82) is 0 Å². The molecule has 0 saturated carbocycles. The maximum Gasteiger partial charge on any atom is 0.276 e. The first-order chi connectivity index (χ1) is 11.6. The van der Waals surface area contributed by atoms with Gasteiger partial charge in [-0.3, -0.25) is 9.89 Å². The van der Waals surface area contributed by atoms with Crippen molar-refractivity contribution >= 4 is 5.65 Å². The first-order valence-corrected chi connectivity index (χ1v) is 7.99. The Morgan fingerprint density at radius 3 is 2.71 bits per heavy atom. The minimum Gasteiger partial charge on any atom is -0.493 e. The summed E-state index contributed by atoms with van der Waals surface area (Å²) in [4.78, 5) is 17.5. The van der Waals surface area contributed by atoms with Crippen LogP contribution in [-0.2, 0) is 12.8 Å². The number of fused-ring (bicyclic) bond motifs is 2. The van der Waals surface area contributed by atoms with Gasteiger partial charge >= 0.3 is 0 Å². The number of benzene rings is 1. The van der Waals surface area contributed by atoms with Gasteiger partial charge in [0.2, 0.25) is 0 Å². The summed E-state index contributed by atoms with van der Waals surface area (Å²) in [5, 5.41) is 3.16. The summed E-state index contributed by atoms with van der Waals surface area (Å²) in [6.45, 7) is 1.95. The Balaban J connectivity index is 1.99. The van der Waals surface area contributed by atoms with E-state index in [2.05, 4.69) is 5.10 Å². The van der Waals surface area contributed by atoms with Crippen LogP contribution in [0.3, 0.4) is 0 Å². The summed E-state index contributed by atoms with van der Waals surface area (Å²) in [6, 6.07) is 5.73. The fourth-order valence-corrected chi connectivity index (χ4v) is 3.49. The van der Waals surface area contributed by atoms with Crippen molar-refractivity contribution in [2.45, 2.75) is 26.2 Å². The number of hydrogen-bond acceptors (Lipinski definition) is 4.